The van der Waals surface area contributed by atoms with Gasteiger partial charge in [-0.15, -0.1) is 0 Å². The van der Waals surface area contributed by atoms with Crippen LogP contribution in [0.3, 0.4) is 0 Å². The molecule has 0 spiro atoms. The molecule has 0 bridgehead atoms. The Bertz CT molecular complexity index is 1260. The molecule has 0 aromatic heterocycles. The van der Waals surface area contributed by atoms with Crippen molar-refractivity contribution in [3.05, 3.63) is 83.9 Å². The standard InChI is InChI=1S/C30H34N4O3/c31-28(35)27(22-10-2-1-3-11-22)32-29(36)25-14-6-7-16-26(25)33-17-19-34(20-18-33)30(37)24-15-8-12-21-9-4-5-13-23(21)24/h1-5,8-13,15,25-27H,6-7,14,16-20H2,(H2,31,35)(H,32,36)/t25-,26-,27+/m1/s1. The molecule has 3 aromatic rings. The van der Waals surface area contributed by atoms with E-state index >= 15 is 0 Å². The van der Waals surface area contributed by atoms with Gasteiger partial charge in [0.1, 0.15) is 6.04 Å². The Morgan fingerprint density at radius 1 is 0.811 bits per heavy atom. The number of hydrogen-bond donors (Lipinski definition) is 2. The molecule has 1 saturated heterocycles. The third-order valence-electron chi connectivity index (χ3n) is 7.86. The fourth-order valence-corrected chi connectivity index (χ4v) is 5.91. The van der Waals surface area contributed by atoms with E-state index in [1.54, 1.807) is 12.1 Å². The summed E-state index contributed by atoms with van der Waals surface area (Å²) in [5, 5.41) is 4.97. The average Bonchev–Trinajstić information content (AvgIpc) is 2.95. The highest BCUT2D eigenvalue weighted by atomic mass is 16.2. The zero-order valence-electron chi connectivity index (χ0n) is 21.0. The van der Waals surface area contributed by atoms with Crippen LogP contribution in [0.5, 0.6) is 0 Å². The van der Waals surface area contributed by atoms with Crippen molar-refractivity contribution in [1.82, 2.24) is 15.1 Å². The number of rotatable bonds is 6. The molecule has 7 nitrogen and oxygen atoms in total. The molecular formula is C30H34N4O3. The summed E-state index contributed by atoms with van der Waals surface area (Å²) in [4.78, 5) is 43.2. The van der Waals surface area contributed by atoms with Crippen molar-refractivity contribution in [1.29, 1.82) is 0 Å². The Morgan fingerprint density at radius 2 is 1.49 bits per heavy atom. The molecule has 1 saturated carbocycles. The maximum absolute atomic E-state index is 13.4. The molecule has 37 heavy (non-hydrogen) atoms. The molecule has 5 rings (SSSR count). The Hall–Kier alpha value is -3.71. The van der Waals surface area contributed by atoms with Crippen LogP contribution in [0, 0.1) is 5.92 Å². The van der Waals surface area contributed by atoms with Crippen molar-refractivity contribution in [3.8, 4) is 0 Å². The van der Waals surface area contributed by atoms with Gasteiger partial charge >= 0.3 is 0 Å². The number of fused-ring (bicyclic) bond motifs is 1. The lowest BCUT2D eigenvalue weighted by Crippen LogP contribution is -2.56. The Kier molecular flexibility index (Phi) is 7.51. The summed E-state index contributed by atoms with van der Waals surface area (Å²) < 4.78 is 0. The summed E-state index contributed by atoms with van der Waals surface area (Å²) in [6, 6.07) is 22.2. The number of nitrogens with one attached hydrogen (secondary N) is 1. The van der Waals surface area contributed by atoms with E-state index in [2.05, 4.69) is 10.2 Å². The number of benzene rings is 3. The second-order valence-electron chi connectivity index (χ2n) is 10.1. The predicted octanol–water partition coefficient (Wildman–Crippen LogP) is 3.50. The number of nitrogens with two attached hydrogens (primary N) is 1. The van der Waals surface area contributed by atoms with E-state index in [4.69, 9.17) is 5.73 Å². The van der Waals surface area contributed by atoms with Crippen LogP contribution in [-0.2, 0) is 9.59 Å². The third kappa shape index (κ3) is 5.37. The van der Waals surface area contributed by atoms with Crippen LogP contribution >= 0.6 is 0 Å². The van der Waals surface area contributed by atoms with Gasteiger partial charge in [-0.1, -0.05) is 79.6 Å². The first kappa shape index (κ1) is 25.0. The molecule has 1 aliphatic carbocycles. The van der Waals surface area contributed by atoms with Gasteiger partial charge in [-0.2, -0.15) is 0 Å². The summed E-state index contributed by atoms with van der Waals surface area (Å²) in [5.41, 5.74) is 7.08. The van der Waals surface area contributed by atoms with Crippen LogP contribution in [0.2, 0.25) is 0 Å². The molecule has 2 aliphatic rings. The minimum Gasteiger partial charge on any atom is -0.368 e. The molecule has 0 unspecified atom stereocenters. The highest BCUT2D eigenvalue weighted by Gasteiger charge is 2.38. The van der Waals surface area contributed by atoms with Crippen LogP contribution in [-0.4, -0.2) is 59.7 Å². The zero-order chi connectivity index (χ0) is 25.8. The Morgan fingerprint density at radius 3 is 2.24 bits per heavy atom. The van der Waals surface area contributed by atoms with E-state index in [0.717, 1.165) is 55.1 Å². The molecule has 1 heterocycles. The maximum atomic E-state index is 13.4. The molecule has 192 valence electrons. The van der Waals surface area contributed by atoms with E-state index in [1.807, 2.05) is 65.6 Å². The third-order valence-corrected chi connectivity index (χ3v) is 7.86. The summed E-state index contributed by atoms with van der Waals surface area (Å²) >= 11 is 0. The molecule has 2 fully saturated rings. The van der Waals surface area contributed by atoms with E-state index in [9.17, 15) is 14.4 Å². The molecule has 0 radical (unpaired) electrons. The lowest BCUT2D eigenvalue weighted by atomic mass is 9.82. The van der Waals surface area contributed by atoms with Crippen LogP contribution in [0.25, 0.3) is 10.8 Å². The van der Waals surface area contributed by atoms with E-state index in [1.165, 1.54) is 0 Å². The Labute approximate surface area is 217 Å². The summed E-state index contributed by atoms with van der Waals surface area (Å²) in [6.45, 7) is 2.70. The van der Waals surface area contributed by atoms with Crippen molar-refractivity contribution in [3.63, 3.8) is 0 Å². The van der Waals surface area contributed by atoms with Crippen molar-refractivity contribution in [2.24, 2.45) is 11.7 Å². The predicted molar refractivity (Wildman–Crippen MR) is 144 cm³/mol. The van der Waals surface area contributed by atoms with E-state index in [0.29, 0.717) is 18.7 Å². The smallest absolute Gasteiger partial charge is 0.254 e. The van der Waals surface area contributed by atoms with Crippen molar-refractivity contribution < 1.29 is 14.4 Å². The lowest BCUT2D eigenvalue weighted by molar-refractivity contribution is -0.133. The molecule has 3 amide bonds. The first-order valence-electron chi connectivity index (χ1n) is 13.2. The summed E-state index contributed by atoms with van der Waals surface area (Å²) in [5.74, 6) is -0.833. The maximum Gasteiger partial charge on any atom is 0.254 e. The molecule has 3 N–H and O–H groups in total. The second kappa shape index (κ2) is 11.1. The largest absolute Gasteiger partial charge is 0.368 e. The van der Waals surface area contributed by atoms with Gasteiger partial charge in [0, 0.05) is 37.8 Å². The number of amides is 3. The topological polar surface area (TPSA) is 95.7 Å². The molecule has 3 atom stereocenters. The van der Waals surface area contributed by atoms with E-state index in [-0.39, 0.29) is 23.8 Å². The highest BCUT2D eigenvalue weighted by Crippen LogP contribution is 2.31. The summed E-state index contributed by atoms with van der Waals surface area (Å²) in [6.07, 6.45) is 3.77. The molecular weight excluding hydrogens is 464 g/mol. The average molecular weight is 499 g/mol. The second-order valence-corrected chi connectivity index (χ2v) is 10.1. The Balaban J connectivity index is 1.25. The SMILES string of the molecule is NC(=O)[C@@H](NC(=O)[C@@H]1CCCC[C@H]1N1CCN(C(=O)c2cccc3ccccc23)CC1)c1ccccc1. The van der Waals surface area contributed by atoms with Gasteiger partial charge in [0.15, 0.2) is 0 Å². The van der Waals surface area contributed by atoms with Gasteiger partial charge in [0.05, 0.1) is 5.92 Å². The van der Waals surface area contributed by atoms with Crippen molar-refractivity contribution >= 4 is 28.5 Å². The summed E-state index contributed by atoms with van der Waals surface area (Å²) in [7, 11) is 0. The van der Waals surface area contributed by atoms with Crippen molar-refractivity contribution in [2.75, 3.05) is 26.2 Å². The van der Waals surface area contributed by atoms with Gasteiger partial charge in [-0.3, -0.25) is 19.3 Å². The number of primary amides is 1. The number of nitrogens with zero attached hydrogens (tertiary/aromatic N) is 2. The van der Waals surface area contributed by atoms with E-state index < -0.39 is 11.9 Å². The minimum atomic E-state index is -0.841. The van der Waals surface area contributed by atoms with Crippen LogP contribution in [0.4, 0.5) is 0 Å². The van der Waals surface area contributed by atoms with Gasteiger partial charge < -0.3 is 16.0 Å². The molecule has 1 aliphatic heterocycles. The van der Waals surface area contributed by atoms with Crippen LogP contribution < -0.4 is 11.1 Å². The van der Waals surface area contributed by atoms with Crippen molar-refractivity contribution in [2.45, 2.75) is 37.8 Å². The fourth-order valence-electron chi connectivity index (χ4n) is 5.91. The van der Waals surface area contributed by atoms with Gasteiger partial charge in [-0.05, 0) is 35.2 Å². The first-order valence-corrected chi connectivity index (χ1v) is 13.2. The highest BCUT2D eigenvalue weighted by molar-refractivity contribution is 6.07. The van der Waals surface area contributed by atoms with Gasteiger partial charge in [-0.25, -0.2) is 0 Å². The number of carbonyl (C=O) groups is 3. The number of piperazine rings is 1. The quantitative estimate of drug-likeness (QED) is 0.544. The minimum absolute atomic E-state index is 0.0570. The number of hydrogen-bond acceptors (Lipinski definition) is 4. The lowest BCUT2D eigenvalue weighted by Gasteiger charge is -2.44. The number of carbonyl (C=O) groups excluding carboxylic acids is 3. The fraction of sp³-hybridized carbons (Fsp3) is 0.367. The normalized spacial score (nSPS) is 21.4. The zero-order valence-corrected chi connectivity index (χ0v) is 21.0. The van der Waals surface area contributed by atoms with Gasteiger partial charge in [0.2, 0.25) is 11.8 Å². The molecule has 3 aromatic carbocycles. The van der Waals surface area contributed by atoms with Gasteiger partial charge in [0.25, 0.3) is 5.91 Å². The van der Waals surface area contributed by atoms with Crippen LogP contribution in [0.15, 0.2) is 72.8 Å². The monoisotopic (exact) mass is 498 g/mol. The first-order chi connectivity index (χ1) is 18.0. The van der Waals surface area contributed by atoms with Crippen LogP contribution in [0.1, 0.15) is 47.6 Å². The molecule has 7 heteroatoms.